The fourth-order valence-electron chi connectivity index (χ4n) is 2.69. The van der Waals surface area contributed by atoms with Gasteiger partial charge in [0.1, 0.15) is 6.04 Å². The lowest BCUT2D eigenvalue weighted by molar-refractivity contribution is -0.124. The molecule has 1 aromatic carbocycles. The number of anilines is 2. The summed E-state index contributed by atoms with van der Waals surface area (Å²) in [6.07, 6.45) is 1.84. The molecule has 1 fully saturated rings. The Morgan fingerprint density at radius 2 is 2.22 bits per heavy atom. The first-order valence-electron chi connectivity index (χ1n) is 6.15. The normalized spacial score (nSPS) is 21.9. The molecule has 0 saturated carbocycles. The number of amides is 2. The number of nitrogens with zero attached hydrogens (tertiary/aromatic N) is 1. The van der Waals surface area contributed by atoms with Gasteiger partial charge >= 0.3 is 0 Å². The zero-order chi connectivity index (χ0) is 12.7. The van der Waals surface area contributed by atoms with Crippen LogP contribution in [-0.2, 0) is 16.0 Å². The summed E-state index contributed by atoms with van der Waals surface area (Å²) in [6, 6.07) is 5.31. The number of para-hydroxylation sites is 1. The van der Waals surface area contributed by atoms with Gasteiger partial charge in [-0.1, -0.05) is 12.1 Å². The summed E-state index contributed by atoms with van der Waals surface area (Å²) >= 11 is 0. The number of carbonyl (C=O) groups is 2. The monoisotopic (exact) mass is 245 g/mol. The van der Waals surface area contributed by atoms with E-state index in [2.05, 4.69) is 5.32 Å². The summed E-state index contributed by atoms with van der Waals surface area (Å²) in [4.78, 5) is 25.3. The Morgan fingerprint density at radius 3 is 2.94 bits per heavy atom. The van der Waals surface area contributed by atoms with E-state index in [1.54, 1.807) is 11.0 Å². The van der Waals surface area contributed by atoms with E-state index in [1.165, 1.54) is 0 Å². The number of nitrogen functional groups attached to an aromatic ring is 1. The first kappa shape index (κ1) is 11.1. The molecule has 1 aromatic rings. The summed E-state index contributed by atoms with van der Waals surface area (Å²) in [6.45, 7) is 0.648. The zero-order valence-corrected chi connectivity index (χ0v) is 9.98. The molecular weight excluding hydrogens is 230 g/mol. The van der Waals surface area contributed by atoms with Gasteiger partial charge in [0.2, 0.25) is 11.8 Å². The van der Waals surface area contributed by atoms with Crippen molar-refractivity contribution >= 4 is 23.2 Å². The smallest absolute Gasteiger partial charge is 0.249 e. The Balaban J connectivity index is 1.88. The molecule has 1 atom stereocenters. The largest absolute Gasteiger partial charge is 0.397 e. The lowest BCUT2D eigenvalue weighted by Crippen LogP contribution is -2.44. The minimum absolute atomic E-state index is 0.0440. The van der Waals surface area contributed by atoms with Crippen LogP contribution in [0.2, 0.25) is 0 Å². The quantitative estimate of drug-likeness (QED) is 0.705. The molecule has 5 nitrogen and oxygen atoms in total. The van der Waals surface area contributed by atoms with Gasteiger partial charge in [-0.25, -0.2) is 0 Å². The van der Waals surface area contributed by atoms with Gasteiger partial charge in [0.25, 0.3) is 0 Å². The topological polar surface area (TPSA) is 75.4 Å². The van der Waals surface area contributed by atoms with Crippen molar-refractivity contribution < 1.29 is 9.59 Å². The van der Waals surface area contributed by atoms with Gasteiger partial charge in [-0.05, 0) is 24.5 Å². The predicted octanol–water partition coefficient (Wildman–Crippen LogP) is 0.436. The molecule has 2 aliphatic heterocycles. The first-order valence-corrected chi connectivity index (χ1v) is 6.15. The molecule has 0 aliphatic carbocycles. The molecule has 18 heavy (non-hydrogen) atoms. The summed E-state index contributed by atoms with van der Waals surface area (Å²) in [5.74, 6) is -0.0914. The lowest BCUT2D eigenvalue weighted by atomic mass is 10.1. The second-order valence-electron chi connectivity index (χ2n) is 4.75. The maximum atomic E-state index is 12.4. The van der Waals surface area contributed by atoms with E-state index in [9.17, 15) is 9.59 Å². The van der Waals surface area contributed by atoms with E-state index >= 15 is 0 Å². The van der Waals surface area contributed by atoms with E-state index in [-0.39, 0.29) is 17.9 Å². The molecule has 3 rings (SSSR count). The number of benzene rings is 1. The number of hydrogen-bond donors (Lipinski definition) is 2. The van der Waals surface area contributed by atoms with Crippen LogP contribution >= 0.6 is 0 Å². The summed E-state index contributed by atoms with van der Waals surface area (Å²) in [5.41, 5.74) is 8.50. The van der Waals surface area contributed by atoms with Crippen LogP contribution in [-0.4, -0.2) is 24.4 Å². The highest BCUT2D eigenvalue weighted by atomic mass is 16.2. The van der Waals surface area contributed by atoms with Gasteiger partial charge < -0.3 is 16.0 Å². The third-order valence-electron chi connectivity index (χ3n) is 3.58. The van der Waals surface area contributed by atoms with Crippen LogP contribution in [0.15, 0.2) is 18.2 Å². The van der Waals surface area contributed by atoms with Crippen LogP contribution in [0, 0.1) is 0 Å². The summed E-state index contributed by atoms with van der Waals surface area (Å²) in [7, 11) is 0. The molecule has 3 N–H and O–H groups in total. The van der Waals surface area contributed by atoms with Crippen molar-refractivity contribution in [2.75, 3.05) is 17.2 Å². The van der Waals surface area contributed by atoms with Crippen molar-refractivity contribution in [2.45, 2.75) is 25.3 Å². The molecule has 2 heterocycles. The molecule has 0 aromatic heterocycles. The van der Waals surface area contributed by atoms with Crippen LogP contribution in [0.3, 0.4) is 0 Å². The van der Waals surface area contributed by atoms with Gasteiger partial charge in [0, 0.05) is 13.0 Å². The average molecular weight is 245 g/mol. The number of fused-ring (bicyclic) bond motifs is 1. The molecule has 0 unspecified atom stereocenters. The Hall–Kier alpha value is -2.04. The Labute approximate surface area is 105 Å². The van der Waals surface area contributed by atoms with Gasteiger partial charge in [-0.2, -0.15) is 0 Å². The summed E-state index contributed by atoms with van der Waals surface area (Å²) < 4.78 is 0. The van der Waals surface area contributed by atoms with Crippen molar-refractivity contribution in [1.82, 2.24) is 5.32 Å². The molecule has 2 amide bonds. The minimum atomic E-state index is -0.386. The van der Waals surface area contributed by atoms with E-state index in [0.29, 0.717) is 25.1 Å². The average Bonchev–Trinajstić information content (AvgIpc) is 2.95. The third-order valence-corrected chi connectivity index (χ3v) is 3.58. The van der Waals surface area contributed by atoms with Gasteiger partial charge in [0.15, 0.2) is 0 Å². The standard InChI is InChI=1S/C13H15N3O2/c14-9-3-1-2-8-6-7-16(12(8)9)13(18)10-4-5-11(17)15-10/h1-3,10H,4-7,14H2,(H,15,17)/t10-/m1/s1. The lowest BCUT2D eigenvalue weighted by Gasteiger charge is -2.22. The van der Waals surface area contributed by atoms with E-state index in [0.717, 1.165) is 17.7 Å². The molecule has 1 saturated heterocycles. The molecule has 5 heteroatoms. The highest BCUT2D eigenvalue weighted by molar-refractivity contribution is 6.04. The Bertz CT molecular complexity index is 527. The van der Waals surface area contributed by atoms with Crippen LogP contribution in [0.25, 0.3) is 0 Å². The van der Waals surface area contributed by atoms with Crippen molar-refractivity contribution in [3.8, 4) is 0 Å². The molecular formula is C13H15N3O2. The SMILES string of the molecule is Nc1cccc2c1N(C(=O)[C@H]1CCC(=O)N1)CC2. The highest BCUT2D eigenvalue weighted by Gasteiger charge is 2.34. The van der Waals surface area contributed by atoms with Crippen LogP contribution in [0.5, 0.6) is 0 Å². The van der Waals surface area contributed by atoms with Crippen molar-refractivity contribution in [3.63, 3.8) is 0 Å². The first-order chi connectivity index (χ1) is 8.66. The fourth-order valence-corrected chi connectivity index (χ4v) is 2.69. The second-order valence-corrected chi connectivity index (χ2v) is 4.75. The third kappa shape index (κ3) is 1.63. The minimum Gasteiger partial charge on any atom is -0.397 e. The fraction of sp³-hybridized carbons (Fsp3) is 0.385. The molecule has 94 valence electrons. The second kappa shape index (κ2) is 4.01. The number of nitrogens with two attached hydrogens (primary N) is 1. The predicted molar refractivity (Wildman–Crippen MR) is 68.1 cm³/mol. The number of rotatable bonds is 1. The molecule has 2 aliphatic rings. The van der Waals surface area contributed by atoms with Gasteiger partial charge in [-0.15, -0.1) is 0 Å². The van der Waals surface area contributed by atoms with Crippen molar-refractivity contribution in [2.24, 2.45) is 0 Å². The molecule has 0 spiro atoms. The van der Waals surface area contributed by atoms with Crippen molar-refractivity contribution in [3.05, 3.63) is 23.8 Å². The van der Waals surface area contributed by atoms with E-state index in [4.69, 9.17) is 5.73 Å². The number of carbonyl (C=O) groups excluding carboxylic acids is 2. The Kier molecular flexibility index (Phi) is 2.47. The zero-order valence-electron chi connectivity index (χ0n) is 9.98. The maximum Gasteiger partial charge on any atom is 0.249 e. The highest BCUT2D eigenvalue weighted by Crippen LogP contribution is 2.34. The van der Waals surface area contributed by atoms with E-state index in [1.807, 2.05) is 12.1 Å². The van der Waals surface area contributed by atoms with Gasteiger partial charge in [-0.3, -0.25) is 9.59 Å². The van der Waals surface area contributed by atoms with Crippen LogP contribution < -0.4 is 16.0 Å². The van der Waals surface area contributed by atoms with E-state index < -0.39 is 0 Å². The Morgan fingerprint density at radius 1 is 1.39 bits per heavy atom. The maximum absolute atomic E-state index is 12.4. The van der Waals surface area contributed by atoms with Crippen LogP contribution in [0.4, 0.5) is 11.4 Å². The van der Waals surface area contributed by atoms with Gasteiger partial charge in [0.05, 0.1) is 11.4 Å². The van der Waals surface area contributed by atoms with Crippen LogP contribution in [0.1, 0.15) is 18.4 Å². The number of nitrogens with one attached hydrogen (secondary N) is 1. The summed E-state index contributed by atoms with van der Waals surface area (Å²) in [5, 5.41) is 2.71. The molecule has 0 bridgehead atoms. The van der Waals surface area contributed by atoms with Crippen molar-refractivity contribution in [1.29, 1.82) is 0 Å². The number of hydrogen-bond acceptors (Lipinski definition) is 3. The molecule has 0 radical (unpaired) electrons.